The highest BCUT2D eigenvalue weighted by molar-refractivity contribution is 5.91. The largest absolute Gasteiger partial charge is 0.467 e. The molecule has 0 bridgehead atoms. The fraction of sp³-hybridized carbons (Fsp3) is 0.429. The summed E-state index contributed by atoms with van der Waals surface area (Å²) in [5, 5.41) is 5.28. The molecule has 0 radical (unpaired) electrons. The quantitative estimate of drug-likeness (QED) is 0.396. The molecule has 4 atom stereocenters. The van der Waals surface area contributed by atoms with Crippen LogP contribution in [-0.2, 0) is 41.6 Å². The van der Waals surface area contributed by atoms with E-state index in [4.69, 9.17) is 9.47 Å². The number of benzene rings is 2. The van der Waals surface area contributed by atoms with Crippen LogP contribution in [0.15, 0.2) is 48.5 Å². The van der Waals surface area contributed by atoms with E-state index in [1.807, 2.05) is 18.2 Å². The van der Waals surface area contributed by atoms with Crippen molar-refractivity contribution in [3.05, 3.63) is 71.3 Å². The van der Waals surface area contributed by atoms with E-state index in [9.17, 15) is 28.0 Å². The van der Waals surface area contributed by atoms with Gasteiger partial charge >= 0.3 is 5.97 Å². The highest BCUT2D eigenvalue weighted by atomic mass is 19.2. The third kappa shape index (κ3) is 7.82. The number of rotatable bonds is 12. The molecule has 0 saturated carbocycles. The van der Waals surface area contributed by atoms with Crippen molar-refractivity contribution in [3.63, 3.8) is 0 Å². The molecule has 1 aliphatic rings. The fourth-order valence-electron chi connectivity index (χ4n) is 4.50. The average Bonchev–Trinajstić information content (AvgIpc) is 3.27. The topological polar surface area (TPSA) is 114 Å². The number of methoxy groups -OCH3 is 2. The Morgan fingerprint density at radius 2 is 1.77 bits per heavy atom. The number of carbonyl (C=O) groups excluding carboxylic acids is 4. The highest BCUT2D eigenvalue weighted by Gasteiger charge is 2.36. The Balaban J connectivity index is 1.68. The summed E-state index contributed by atoms with van der Waals surface area (Å²) < 4.78 is 38.0. The number of esters is 1. The number of likely N-dealkylation sites (tertiary alicyclic amines) is 1. The van der Waals surface area contributed by atoms with E-state index in [0.717, 1.165) is 11.6 Å². The molecule has 2 aromatic rings. The lowest BCUT2D eigenvalue weighted by Crippen LogP contribution is -2.57. The number of halogens is 2. The van der Waals surface area contributed by atoms with E-state index >= 15 is 0 Å². The normalized spacial score (nSPS) is 17.3. The summed E-state index contributed by atoms with van der Waals surface area (Å²) in [5.41, 5.74) is 0.808. The molecule has 1 fully saturated rings. The van der Waals surface area contributed by atoms with Gasteiger partial charge < -0.3 is 25.0 Å². The zero-order valence-corrected chi connectivity index (χ0v) is 22.1. The molecule has 0 aromatic heterocycles. The van der Waals surface area contributed by atoms with Crippen molar-refractivity contribution in [1.82, 2.24) is 15.5 Å². The molecule has 3 amide bonds. The van der Waals surface area contributed by atoms with Gasteiger partial charge in [0, 0.05) is 44.5 Å². The van der Waals surface area contributed by atoms with Gasteiger partial charge in [-0.25, -0.2) is 13.6 Å². The van der Waals surface area contributed by atoms with E-state index in [0.29, 0.717) is 6.42 Å². The molecule has 2 aromatic carbocycles. The average molecular weight is 546 g/mol. The van der Waals surface area contributed by atoms with E-state index in [1.54, 1.807) is 19.1 Å². The summed E-state index contributed by atoms with van der Waals surface area (Å²) in [7, 11) is 2.59. The van der Waals surface area contributed by atoms with Crippen LogP contribution in [0, 0.1) is 11.6 Å². The summed E-state index contributed by atoms with van der Waals surface area (Å²) in [6, 6.07) is 10.1. The van der Waals surface area contributed by atoms with Crippen LogP contribution >= 0.6 is 0 Å². The Morgan fingerprint density at radius 1 is 1.05 bits per heavy atom. The highest BCUT2D eigenvalue weighted by Crippen LogP contribution is 2.25. The van der Waals surface area contributed by atoms with Crippen molar-refractivity contribution >= 4 is 23.7 Å². The smallest absolute Gasteiger partial charge is 0.328 e. The zero-order chi connectivity index (χ0) is 28.5. The summed E-state index contributed by atoms with van der Waals surface area (Å²) in [6.45, 7) is 1.41. The maximum absolute atomic E-state index is 14.2. The first-order chi connectivity index (χ1) is 18.6. The van der Waals surface area contributed by atoms with Gasteiger partial charge in [0.1, 0.15) is 12.1 Å². The number of amides is 3. The van der Waals surface area contributed by atoms with Crippen molar-refractivity contribution in [2.24, 2.45) is 0 Å². The monoisotopic (exact) mass is 545 g/mol. The van der Waals surface area contributed by atoms with E-state index in [-0.39, 0.29) is 37.3 Å². The summed E-state index contributed by atoms with van der Waals surface area (Å²) in [4.78, 5) is 52.4. The number of hydrogen-bond donors (Lipinski definition) is 2. The van der Waals surface area contributed by atoms with Gasteiger partial charge in [0.05, 0.1) is 13.2 Å². The predicted molar refractivity (Wildman–Crippen MR) is 137 cm³/mol. The molecule has 0 aliphatic carbocycles. The fourth-order valence-corrected chi connectivity index (χ4v) is 4.50. The Labute approximate surface area is 225 Å². The molecule has 1 heterocycles. The Morgan fingerprint density at radius 3 is 2.44 bits per heavy atom. The minimum atomic E-state index is -1.16. The number of nitrogens with zero attached hydrogens (tertiary/aromatic N) is 1. The molecule has 11 heteroatoms. The van der Waals surface area contributed by atoms with E-state index in [1.165, 1.54) is 31.3 Å². The van der Waals surface area contributed by atoms with Crippen molar-refractivity contribution in [3.8, 4) is 0 Å². The summed E-state index contributed by atoms with van der Waals surface area (Å²) >= 11 is 0. The molecule has 9 nitrogen and oxygen atoms in total. The van der Waals surface area contributed by atoms with Crippen molar-refractivity contribution in [1.29, 1.82) is 0 Å². The van der Waals surface area contributed by atoms with Gasteiger partial charge in [-0.3, -0.25) is 14.4 Å². The number of hydrogen-bond acceptors (Lipinski definition) is 6. The molecular formula is C28H33F2N3O6. The van der Waals surface area contributed by atoms with Crippen LogP contribution in [0.2, 0.25) is 0 Å². The van der Waals surface area contributed by atoms with Crippen molar-refractivity contribution < 1.29 is 37.4 Å². The van der Waals surface area contributed by atoms with Crippen LogP contribution in [0.25, 0.3) is 0 Å². The number of ether oxygens (including phenoxy) is 2. The molecule has 0 unspecified atom stereocenters. The second-order valence-electron chi connectivity index (χ2n) is 9.39. The molecule has 0 spiro atoms. The summed E-state index contributed by atoms with van der Waals surface area (Å²) in [5.74, 6) is -4.17. The van der Waals surface area contributed by atoms with Crippen LogP contribution < -0.4 is 10.6 Å². The molecule has 2 N–H and O–H groups in total. The van der Waals surface area contributed by atoms with Gasteiger partial charge in [-0.05, 0) is 25.0 Å². The van der Waals surface area contributed by atoms with Crippen LogP contribution in [0.1, 0.15) is 37.3 Å². The van der Waals surface area contributed by atoms with E-state index < -0.39 is 53.6 Å². The van der Waals surface area contributed by atoms with Gasteiger partial charge in [-0.1, -0.05) is 42.5 Å². The Kier molecular flexibility index (Phi) is 10.5. The number of nitrogens with one attached hydrogen (secondary N) is 2. The summed E-state index contributed by atoms with van der Waals surface area (Å²) in [6.07, 6.45) is -0.231. The minimum Gasteiger partial charge on any atom is -0.467 e. The molecule has 1 aliphatic heterocycles. The van der Waals surface area contributed by atoms with Gasteiger partial charge in [-0.15, -0.1) is 0 Å². The third-order valence-corrected chi connectivity index (χ3v) is 6.77. The SMILES string of the molecule is COC(=O)[C@H](Cc1ccccc1)NC(=O)[C@@H](NC(=O)C[C@@H]1CCC(=O)N1Cc1cccc(F)c1F)[C@@H](C)OC. The Hall–Kier alpha value is -3.86. The van der Waals surface area contributed by atoms with Crippen LogP contribution in [0.3, 0.4) is 0 Å². The first-order valence-electron chi connectivity index (χ1n) is 12.6. The van der Waals surface area contributed by atoms with Crippen LogP contribution in [0.5, 0.6) is 0 Å². The lowest BCUT2D eigenvalue weighted by atomic mass is 10.0. The predicted octanol–water partition coefficient (Wildman–Crippen LogP) is 2.27. The first-order valence-corrected chi connectivity index (χ1v) is 12.6. The van der Waals surface area contributed by atoms with E-state index in [2.05, 4.69) is 10.6 Å². The molecule has 3 rings (SSSR count). The van der Waals surface area contributed by atoms with Crippen molar-refractivity contribution in [2.75, 3.05) is 14.2 Å². The zero-order valence-electron chi connectivity index (χ0n) is 22.1. The number of carbonyl (C=O) groups is 4. The second kappa shape index (κ2) is 13.8. The maximum atomic E-state index is 14.2. The van der Waals surface area contributed by atoms with Gasteiger partial charge in [-0.2, -0.15) is 0 Å². The third-order valence-electron chi connectivity index (χ3n) is 6.77. The lowest BCUT2D eigenvalue weighted by molar-refractivity contribution is -0.146. The Bertz CT molecular complexity index is 1180. The van der Waals surface area contributed by atoms with Gasteiger partial charge in [0.25, 0.3) is 0 Å². The minimum absolute atomic E-state index is 0.00758. The van der Waals surface area contributed by atoms with Crippen molar-refractivity contribution in [2.45, 2.75) is 63.4 Å². The maximum Gasteiger partial charge on any atom is 0.328 e. The molecule has 1 saturated heterocycles. The van der Waals surface area contributed by atoms with Gasteiger partial charge in [0.2, 0.25) is 17.7 Å². The van der Waals surface area contributed by atoms with Crippen LogP contribution in [0.4, 0.5) is 8.78 Å². The standard InChI is InChI=1S/C28H33F2N3O6/c1-17(38-2)26(27(36)31-22(28(37)39-3)14-18-8-5-4-6-9-18)32-23(34)15-20-12-13-24(35)33(20)16-19-10-7-11-21(29)25(19)30/h4-11,17,20,22,26H,12-16H2,1-3H3,(H,31,36)(H,32,34)/t17-,20+,22+,26+/m1/s1. The molecule has 210 valence electrons. The lowest BCUT2D eigenvalue weighted by Gasteiger charge is -2.28. The first kappa shape index (κ1) is 29.7. The van der Waals surface area contributed by atoms with Gasteiger partial charge in [0.15, 0.2) is 11.6 Å². The van der Waals surface area contributed by atoms with Crippen LogP contribution in [-0.4, -0.2) is 67.0 Å². The molecule has 39 heavy (non-hydrogen) atoms. The second-order valence-corrected chi connectivity index (χ2v) is 9.39. The molecular weight excluding hydrogens is 512 g/mol.